The second-order valence-electron chi connectivity index (χ2n) is 7.05. The van der Waals surface area contributed by atoms with Crippen LogP contribution in [-0.2, 0) is 17.7 Å². The van der Waals surface area contributed by atoms with E-state index in [4.69, 9.17) is 9.47 Å². The fraction of sp³-hybridized carbons (Fsp3) is 0.455. The zero-order valence-corrected chi connectivity index (χ0v) is 16.5. The van der Waals surface area contributed by atoms with Crippen LogP contribution in [0.1, 0.15) is 30.4 Å². The molecule has 6 nitrogen and oxygen atoms in total. The summed E-state index contributed by atoms with van der Waals surface area (Å²) in [6, 6.07) is 11.8. The lowest BCUT2D eigenvalue weighted by Crippen LogP contribution is -2.44. The van der Waals surface area contributed by atoms with Crippen molar-refractivity contribution < 1.29 is 14.3 Å². The summed E-state index contributed by atoms with van der Waals surface area (Å²) in [5.74, 6) is 0.836. The lowest BCUT2D eigenvalue weighted by Gasteiger charge is -2.27. The highest BCUT2D eigenvalue weighted by Crippen LogP contribution is 2.14. The molecule has 1 aliphatic heterocycles. The molecule has 6 heteroatoms. The number of carbonyl (C=O) groups is 1. The molecule has 1 atom stereocenters. The van der Waals surface area contributed by atoms with Gasteiger partial charge in [-0.3, -0.25) is 4.98 Å². The molecule has 0 unspecified atom stereocenters. The Kier molecular flexibility index (Phi) is 7.67. The number of rotatable bonds is 8. The summed E-state index contributed by atoms with van der Waals surface area (Å²) in [6.07, 6.45) is 7.70. The first-order chi connectivity index (χ1) is 13.7. The zero-order chi connectivity index (χ0) is 19.6. The number of ether oxygens (including phenoxy) is 2. The number of carbonyl (C=O) groups excluding carboxylic acids is 1. The van der Waals surface area contributed by atoms with E-state index in [1.165, 1.54) is 12.0 Å². The summed E-state index contributed by atoms with van der Waals surface area (Å²) >= 11 is 0. The Balaban J connectivity index is 1.58. The molecule has 2 aromatic rings. The van der Waals surface area contributed by atoms with E-state index in [1.807, 2.05) is 41.3 Å². The van der Waals surface area contributed by atoms with E-state index in [1.54, 1.807) is 19.5 Å². The largest absolute Gasteiger partial charge is 0.497 e. The van der Waals surface area contributed by atoms with Crippen molar-refractivity contribution >= 4 is 6.03 Å². The van der Waals surface area contributed by atoms with E-state index in [0.717, 1.165) is 37.2 Å². The van der Waals surface area contributed by atoms with E-state index in [2.05, 4.69) is 10.3 Å². The van der Waals surface area contributed by atoms with Gasteiger partial charge in [-0.15, -0.1) is 0 Å². The Bertz CT molecular complexity index is 716. The number of hydrogen-bond donors (Lipinski definition) is 1. The number of pyridine rings is 1. The molecule has 1 aromatic carbocycles. The first kappa shape index (κ1) is 20.1. The van der Waals surface area contributed by atoms with Crippen molar-refractivity contribution in [2.24, 2.45) is 0 Å². The van der Waals surface area contributed by atoms with Crippen LogP contribution in [0, 0.1) is 0 Å². The Morgan fingerprint density at radius 1 is 1.18 bits per heavy atom. The molecule has 1 saturated heterocycles. The zero-order valence-electron chi connectivity index (χ0n) is 16.5. The molecule has 0 aliphatic carbocycles. The average Bonchev–Trinajstić information content (AvgIpc) is 2.76. The monoisotopic (exact) mass is 383 g/mol. The Morgan fingerprint density at radius 2 is 1.96 bits per heavy atom. The summed E-state index contributed by atoms with van der Waals surface area (Å²) in [7, 11) is 1.66. The number of nitrogens with one attached hydrogen (secondary N) is 1. The third-order valence-corrected chi connectivity index (χ3v) is 4.99. The van der Waals surface area contributed by atoms with E-state index >= 15 is 0 Å². The van der Waals surface area contributed by atoms with Crippen molar-refractivity contribution in [1.29, 1.82) is 0 Å². The van der Waals surface area contributed by atoms with Crippen LogP contribution in [0.15, 0.2) is 48.8 Å². The molecule has 0 saturated carbocycles. The van der Waals surface area contributed by atoms with E-state index in [0.29, 0.717) is 19.6 Å². The molecule has 3 rings (SSSR count). The van der Waals surface area contributed by atoms with Crippen LogP contribution in [0.25, 0.3) is 0 Å². The highest BCUT2D eigenvalue weighted by Gasteiger charge is 2.18. The van der Waals surface area contributed by atoms with Gasteiger partial charge in [0.25, 0.3) is 0 Å². The van der Waals surface area contributed by atoms with Gasteiger partial charge in [-0.1, -0.05) is 12.1 Å². The predicted octanol–water partition coefficient (Wildman–Crippen LogP) is 3.41. The Hall–Kier alpha value is -2.60. The molecule has 150 valence electrons. The maximum Gasteiger partial charge on any atom is 0.317 e. The van der Waals surface area contributed by atoms with Gasteiger partial charge in [-0.2, -0.15) is 0 Å². The molecule has 0 spiro atoms. The van der Waals surface area contributed by atoms with Crippen LogP contribution in [0.3, 0.4) is 0 Å². The summed E-state index contributed by atoms with van der Waals surface area (Å²) in [6.45, 7) is 2.54. The second kappa shape index (κ2) is 10.7. The Morgan fingerprint density at radius 3 is 2.64 bits per heavy atom. The fourth-order valence-electron chi connectivity index (χ4n) is 3.30. The first-order valence-corrected chi connectivity index (χ1v) is 9.91. The van der Waals surface area contributed by atoms with Crippen molar-refractivity contribution in [3.05, 3.63) is 59.9 Å². The number of hydrogen-bond acceptors (Lipinski definition) is 4. The van der Waals surface area contributed by atoms with Gasteiger partial charge in [-0.25, -0.2) is 4.79 Å². The van der Waals surface area contributed by atoms with Crippen molar-refractivity contribution in [2.75, 3.05) is 26.8 Å². The van der Waals surface area contributed by atoms with Gasteiger partial charge in [0.15, 0.2) is 0 Å². The summed E-state index contributed by atoms with van der Waals surface area (Å²) in [5, 5.41) is 3.05. The summed E-state index contributed by atoms with van der Waals surface area (Å²) in [5.41, 5.74) is 2.23. The number of benzene rings is 1. The highest BCUT2D eigenvalue weighted by atomic mass is 16.5. The molecule has 2 heterocycles. The van der Waals surface area contributed by atoms with Crippen LogP contribution < -0.4 is 10.1 Å². The van der Waals surface area contributed by atoms with Crippen LogP contribution in [-0.4, -0.2) is 48.8 Å². The van der Waals surface area contributed by atoms with Gasteiger partial charge in [0.1, 0.15) is 5.75 Å². The molecular formula is C22H29N3O3. The maximum absolute atomic E-state index is 12.8. The normalized spacial score (nSPS) is 16.4. The second-order valence-corrected chi connectivity index (χ2v) is 7.05. The molecular weight excluding hydrogens is 354 g/mol. The van der Waals surface area contributed by atoms with Gasteiger partial charge >= 0.3 is 6.03 Å². The molecule has 1 fully saturated rings. The molecule has 0 bridgehead atoms. The highest BCUT2D eigenvalue weighted by molar-refractivity contribution is 5.74. The van der Waals surface area contributed by atoms with Gasteiger partial charge < -0.3 is 19.7 Å². The quantitative estimate of drug-likeness (QED) is 0.759. The number of amides is 2. The van der Waals surface area contributed by atoms with E-state index in [-0.39, 0.29) is 12.1 Å². The topological polar surface area (TPSA) is 63.7 Å². The van der Waals surface area contributed by atoms with Crippen LogP contribution in [0.2, 0.25) is 0 Å². The van der Waals surface area contributed by atoms with Crippen LogP contribution in [0.4, 0.5) is 4.79 Å². The number of nitrogens with zero attached hydrogens (tertiary/aromatic N) is 2. The third kappa shape index (κ3) is 6.23. The van der Waals surface area contributed by atoms with Gasteiger partial charge in [0.05, 0.1) is 13.2 Å². The maximum atomic E-state index is 12.8. The number of aromatic nitrogens is 1. The van der Waals surface area contributed by atoms with Crippen LogP contribution >= 0.6 is 0 Å². The van der Waals surface area contributed by atoms with Crippen molar-refractivity contribution in [3.63, 3.8) is 0 Å². The molecule has 0 radical (unpaired) electrons. The van der Waals surface area contributed by atoms with Crippen molar-refractivity contribution in [3.8, 4) is 5.75 Å². The number of urea groups is 1. The predicted molar refractivity (Wildman–Crippen MR) is 108 cm³/mol. The average molecular weight is 383 g/mol. The fourth-order valence-corrected chi connectivity index (χ4v) is 3.30. The minimum absolute atomic E-state index is 0.0560. The third-order valence-electron chi connectivity index (χ3n) is 4.99. The van der Waals surface area contributed by atoms with Crippen LogP contribution in [0.5, 0.6) is 5.75 Å². The van der Waals surface area contributed by atoms with Gasteiger partial charge in [0, 0.05) is 38.6 Å². The smallest absolute Gasteiger partial charge is 0.317 e. The molecule has 28 heavy (non-hydrogen) atoms. The lowest BCUT2D eigenvalue weighted by atomic mass is 10.1. The Labute approximate surface area is 166 Å². The van der Waals surface area contributed by atoms with Crippen molar-refractivity contribution in [1.82, 2.24) is 15.2 Å². The van der Waals surface area contributed by atoms with Gasteiger partial charge in [0.2, 0.25) is 0 Å². The number of methoxy groups -OCH3 is 1. The first-order valence-electron chi connectivity index (χ1n) is 9.91. The van der Waals surface area contributed by atoms with E-state index in [9.17, 15) is 4.79 Å². The summed E-state index contributed by atoms with van der Waals surface area (Å²) < 4.78 is 10.9. The molecule has 1 aliphatic rings. The minimum Gasteiger partial charge on any atom is -0.497 e. The lowest BCUT2D eigenvalue weighted by molar-refractivity contribution is 0.0177. The minimum atomic E-state index is -0.0560. The van der Waals surface area contributed by atoms with E-state index < -0.39 is 0 Å². The standard InChI is InChI=1S/C22H29N3O3/c1-27-20-7-5-18(6-8-20)11-14-25(17-19-9-12-23-13-10-19)22(26)24-16-21-4-2-3-15-28-21/h5-10,12-13,21H,2-4,11,14-17H2,1H3,(H,24,26)/t21-/m0/s1. The van der Waals surface area contributed by atoms with Crippen molar-refractivity contribution in [2.45, 2.75) is 38.3 Å². The SMILES string of the molecule is COc1ccc(CCN(Cc2ccncc2)C(=O)NC[C@@H]2CCCCO2)cc1. The molecule has 1 aromatic heterocycles. The van der Waals surface area contributed by atoms with Gasteiger partial charge in [-0.05, 0) is 61.1 Å². The molecule has 2 amide bonds. The molecule has 1 N–H and O–H groups in total. The summed E-state index contributed by atoms with van der Waals surface area (Å²) in [4.78, 5) is 18.7.